The maximum atomic E-state index is 9.44. The lowest BCUT2D eigenvalue weighted by molar-refractivity contribution is 0.236. The molecule has 0 unspecified atom stereocenters. The van der Waals surface area contributed by atoms with Gasteiger partial charge in [-0.05, 0) is 19.4 Å². The zero-order valence-corrected chi connectivity index (χ0v) is 12.5. The molecule has 1 aromatic heterocycles. The fourth-order valence-corrected chi connectivity index (χ4v) is 2.05. The standard InChI is InChI=1S/C15H21N3O3/c1-3-8-18-14(16-11-17-18)10-21-15-12(9-19)6-5-7-13(15)20-4-2/h5-7,11,19H,3-4,8-10H2,1-2H3. The second-order valence-corrected chi connectivity index (χ2v) is 4.52. The SMILES string of the molecule is CCCn1ncnc1COc1c(CO)cccc1OCC. The second-order valence-electron chi connectivity index (χ2n) is 4.52. The number of aliphatic hydroxyl groups is 1. The average molecular weight is 291 g/mol. The van der Waals surface area contributed by atoms with Crippen molar-refractivity contribution in [2.75, 3.05) is 6.61 Å². The highest BCUT2D eigenvalue weighted by molar-refractivity contribution is 5.46. The summed E-state index contributed by atoms with van der Waals surface area (Å²) in [6.07, 6.45) is 2.50. The van der Waals surface area contributed by atoms with Crippen LogP contribution in [-0.4, -0.2) is 26.5 Å². The molecule has 0 atom stereocenters. The van der Waals surface area contributed by atoms with E-state index in [-0.39, 0.29) is 13.2 Å². The van der Waals surface area contributed by atoms with Crippen molar-refractivity contribution in [3.63, 3.8) is 0 Å². The molecule has 114 valence electrons. The molecule has 0 fully saturated rings. The Kier molecular flexibility index (Phi) is 5.57. The van der Waals surface area contributed by atoms with Crippen LogP contribution in [0.15, 0.2) is 24.5 Å². The molecular formula is C15H21N3O3. The molecule has 0 saturated heterocycles. The third-order valence-electron chi connectivity index (χ3n) is 3.01. The molecule has 21 heavy (non-hydrogen) atoms. The number of hydrogen-bond donors (Lipinski definition) is 1. The maximum absolute atomic E-state index is 9.44. The number of aliphatic hydroxyl groups excluding tert-OH is 1. The topological polar surface area (TPSA) is 69.4 Å². The summed E-state index contributed by atoms with van der Waals surface area (Å²) in [5.41, 5.74) is 0.697. The van der Waals surface area contributed by atoms with Gasteiger partial charge in [0.2, 0.25) is 0 Å². The molecule has 0 amide bonds. The molecule has 1 aromatic carbocycles. The van der Waals surface area contributed by atoms with Crippen molar-refractivity contribution in [2.45, 2.75) is 40.0 Å². The summed E-state index contributed by atoms with van der Waals surface area (Å²) in [5.74, 6) is 1.95. The Balaban J connectivity index is 2.16. The Morgan fingerprint density at radius 2 is 2.10 bits per heavy atom. The highest BCUT2D eigenvalue weighted by atomic mass is 16.5. The van der Waals surface area contributed by atoms with Crippen LogP contribution in [0.1, 0.15) is 31.7 Å². The monoisotopic (exact) mass is 291 g/mol. The van der Waals surface area contributed by atoms with Gasteiger partial charge in [-0.3, -0.25) is 0 Å². The number of aryl methyl sites for hydroxylation is 1. The first-order valence-electron chi connectivity index (χ1n) is 7.15. The zero-order chi connectivity index (χ0) is 15.1. The van der Waals surface area contributed by atoms with Gasteiger partial charge in [-0.2, -0.15) is 5.10 Å². The quantitative estimate of drug-likeness (QED) is 0.807. The second kappa shape index (κ2) is 7.64. The zero-order valence-electron chi connectivity index (χ0n) is 12.5. The van der Waals surface area contributed by atoms with E-state index in [0.29, 0.717) is 23.7 Å². The van der Waals surface area contributed by atoms with E-state index in [1.54, 1.807) is 0 Å². The minimum atomic E-state index is -0.0993. The van der Waals surface area contributed by atoms with Crippen LogP contribution in [0.5, 0.6) is 11.5 Å². The molecule has 6 heteroatoms. The number of aromatic nitrogens is 3. The average Bonchev–Trinajstić information content (AvgIpc) is 2.94. The Morgan fingerprint density at radius 1 is 1.24 bits per heavy atom. The molecular weight excluding hydrogens is 270 g/mol. The molecule has 1 N–H and O–H groups in total. The molecule has 0 radical (unpaired) electrons. The summed E-state index contributed by atoms with van der Waals surface area (Å²) in [4.78, 5) is 4.20. The van der Waals surface area contributed by atoms with Gasteiger partial charge in [0.15, 0.2) is 17.3 Å². The van der Waals surface area contributed by atoms with E-state index < -0.39 is 0 Å². The molecule has 6 nitrogen and oxygen atoms in total. The fourth-order valence-electron chi connectivity index (χ4n) is 2.05. The Morgan fingerprint density at radius 3 is 2.81 bits per heavy atom. The molecule has 0 aliphatic carbocycles. The van der Waals surface area contributed by atoms with Crippen LogP contribution in [-0.2, 0) is 19.8 Å². The Labute approximate surface area is 124 Å². The normalized spacial score (nSPS) is 10.6. The van der Waals surface area contributed by atoms with E-state index in [9.17, 15) is 5.11 Å². The van der Waals surface area contributed by atoms with E-state index in [1.807, 2.05) is 29.8 Å². The van der Waals surface area contributed by atoms with Gasteiger partial charge in [0, 0.05) is 12.1 Å². The molecule has 0 saturated carbocycles. The number of para-hydroxylation sites is 1. The van der Waals surface area contributed by atoms with E-state index >= 15 is 0 Å². The van der Waals surface area contributed by atoms with Gasteiger partial charge >= 0.3 is 0 Å². The minimum absolute atomic E-state index is 0.0993. The van der Waals surface area contributed by atoms with E-state index in [0.717, 1.165) is 18.8 Å². The Bertz CT molecular complexity index is 569. The summed E-state index contributed by atoms with van der Waals surface area (Å²) in [7, 11) is 0. The summed E-state index contributed by atoms with van der Waals surface area (Å²) in [6.45, 7) is 5.53. The number of hydrogen-bond acceptors (Lipinski definition) is 5. The van der Waals surface area contributed by atoms with Gasteiger partial charge in [0.05, 0.1) is 13.2 Å². The summed E-state index contributed by atoms with van der Waals surface area (Å²) in [6, 6.07) is 5.48. The largest absolute Gasteiger partial charge is 0.490 e. The first-order valence-corrected chi connectivity index (χ1v) is 7.15. The van der Waals surface area contributed by atoms with Gasteiger partial charge in [-0.25, -0.2) is 9.67 Å². The summed E-state index contributed by atoms with van der Waals surface area (Å²) < 4.78 is 13.2. The van der Waals surface area contributed by atoms with Crippen molar-refractivity contribution in [2.24, 2.45) is 0 Å². The van der Waals surface area contributed by atoms with Gasteiger partial charge in [0.25, 0.3) is 0 Å². The highest BCUT2D eigenvalue weighted by Gasteiger charge is 2.12. The van der Waals surface area contributed by atoms with Crippen molar-refractivity contribution >= 4 is 0 Å². The molecule has 0 aliphatic rings. The van der Waals surface area contributed by atoms with Crippen LogP contribution in [0, 0.1) is 0 Å². The third kappa shape index (κ3) is 3.72. The lowest BCUT2D eigenvalue weighted by atomic mass is 10.2. The lowest BCUT2D eigenvalue weighted by Crippen LogP contribution is -2.10. The van der Waals surface area contributed by atoms with E-state index in [2.05, 4.69) is 17.0 Å². The number of rotatable bonds is 8. The molecule has 0 aliphatic heterocycles. The van der Waals surface area contributed by atoms with Gasteiger partial charge in [-0.1, -0.05) is 19.1 Å². The van der Waals surface area contributed by atoms with Gasteiger partial charge in [0.1, 0.15) is 12.9 Å². The Hall–Kier alpha value is -2.08. The van der Waals surface area contributed by atoms with Crippen LogP contribution in [0.3, 0.4) is 0 Å². The van der Waals surface area contributed by atoms with Crippen molar-refractivity contribution in [3.8, 4) is 11.5 Å². The fraction of sp³-hybridized carbons (Fsp3) is 0.467. The van der Waals surface area contributed by atoms with E-state index in [1.165, 1.54) is 6.33 Å². The predicted molar refractivity (Wildman–Crippen MR) is 78.2 cm³/mol. The van der Waals surface area contributed by atoms with E-state index in [4.69, 9.17) is 9.47 Å². The van der Waals surface area contributed by atoms with Gasteiger partial charge in [-0.15, -0.1) is 0 Å². The van der Waals surface area contributed by atoms with Crippen molar-refractivity contribution in [1.29, 1.82) is 0 Å². The molecule has 2 rings (SSSR count). The van der Waals surface area contributed by atoms with Crippen molar-refractivity contribution in [3.05, 3.63) is 35.9 Å². The minimum Gasteiger partial charge on any atom is -0.490 e. The lowest BCUT2D eigenvalue weighted by Gasteiger charge is -2.15. The third-order valence-corrected chi connectivity index (χ3v) is 3.01. The summed E-state index contributed by atoms with van der Waals surface area (Å²) >= 11 is 0. The van der Waals surface area contributed by atoms with Crippen molar-refractivity contribution in [1.82, 2.24) is 14.8 Å². The van der Waals surface area contributed by atoms with Crippen molar-refractivity contribution < 1.29 is 14.6 Å². The molecule has 2 aromatic rings. The van der Waals surface area contributed by atoms with Gasteiger partial charge < -0.3 is 14.6 Å². The van der Waals surface area contributed by atoms with Crippen LogP contribution in [0.4, 0.5) is 0 Å². The van der Waals surface area contributed by atoms with Crippen LogP contribution in [0.2, 0.25) is 0 Å². The first-order chi connectivity index (χ1) is 10.3. The van der Waals surface area contributed by atoms with Crippen LogP contribution < -0.4 is 9.47 Å². The maximum Gasteiger partial charge on any atom is 0.167 e. The number of nitrogens with zero attached hydrogens (tertiary/aromatic N) is 3. The van der Waals surface area contributed by atoms with Crippen LogP contribution >= 0.6 is 0 Å². The summed E-state index contributed by atoms with van der Waals surface area (Å²) in [5, 5.41) is 13.6. The van der Waals surface area contributed by atoms with Crippen LogP contribution in [0.25, 0.3) is 0 Å². The smallest absolute Gasteiger partial charge is 0.167 e. The number of ether oxygens (including phenoxy) is 2. The molecule has 1 heterocycles. The predicted octanol–water partition coefficient (Wildman–Crippen LogP) is 2.16. The first kappa shape index (κ1) is 15.3. The number of benzene rings is 1. The molecule has 0 bridgehead atoms. The highest BCUT2D eigenvalue weighted by Crippen LogP contribution is 2.32. The molecule has 0 spiro atoms.